The summed E-state index contributed by atoms with van der Waals surface area (Å²) in [6.07, 6.45) is 0. The molecule has 32 heavy (non-hydrogen) atoms. The van der Waals surface area contributed by atoms with Crippen LogP contribution in [0, 0.1) is 0 Å². The van der Waals surface area contributed by atoms with Crippen LogP contribution in [0.2, 0.25) is 0 Å². The van der Waals surface area contributed by atoms with Gasteiger partial charge >= 0.3 is 0 Å². The second-order valence-electron chi connectivity index (χ2n) is 7.59. The average molecular weight is 481 g/mol. The number of ether oxygens (including phenoxy) is 2. The summed E-state index contributed by atoms with van der Waals surface area (Å²) in [6.45, 7) is 1.46. The van der Waals surface area contributed by atoms with Crippen molar-refractivity contribution in [2.45, 2.75) is 15.0 Å². The normalized spacial score (nSPS) is 18.2. The molecule has 4 rings (SSSR count). The summed E-state index contributed by atoms with van der Waals surface area (Å²) in [7, 11) is -5.70. The van der Waals surface area contributed by atoms with E-state index >= 15 is 0 Å². The first kappa shape index (κ1) is 22.7. The molecule has 11 heteroatoms. The summed E-state index contributed by atoms with van der Waals surface area (Å²) in [6, 6.07) is 11.9. The van der Waals surface area contributed by atoms with Crippen molar-refractivity contribution in [1.82, 2.24) is 9.21 Å². The number of rotatable bonds is 6. The van der Waals surface area contributed by atoms with Gasteiger partial charge in [-0.15, -0.1) is 0 Å². The Morgan fingerprint density at radius 3 is 2.03 bits per heavy atom. The van der Waals surface area contributed by atoms with Crippen molar-refractivity contribution in [1.29, 1.82) is 0 Å². The number of likely N-dealkylation sites (tertiary alicyclic amines) is 1. The van der Waals surface area contributed by atoms with Gasteiger partial charge in [-0.05, 0) is 48.5 Å². The SMILES string of the molecule is COc1ccc(S(=O)(=O)C2CN(C(=O)c3ccc(S(=O)(=O)N4CCOCC4)cc3)C2)cc1. The molecule has 1 amide bonds. The van der Waals surface area contributed by atoms with Gasteiger partial charge in [0.05, 0.1) is 30.1 Å². The molecular weight excluding hydrogens is 456 g/mol. The Morgan fingerprint density at radius 1 is 0.906 bits per heavy atom. The van der Waals surface area contributed by atoms with E-state index in [-0.39, 0.29) is 28.8 Å². The van der Waals surface area contributed by atoms with E-state index in [1.165, 1.54) is 52.7 Å². The van der Waals surface area contributed by atoms with Crippen molar-refractivity contribution in [3.63, 3.8) is 0 Å². The van der Waals surface area contributed by atoms with Crippen LogP contribution in [0.5, 0.6) is 5.75 Å². The number of morpholine rings is 1. The number of hydrogen-bond acceptors (Lipinski definition) is 7. The number of sulfone groups is 1. The van der Waals surface area contributed by atoms with Crippen molar-refractivity contribution in [3.05, 3.63) is 54.1 Å². The largest absolute Gasteiger partial charge is 0.497 e. The van der Waals surface area contributed by atoms with Gasteiger partial charge in [0, 0.05) is 31.7 Å². The molecule has 172 valence electrons. The standard InChI is InChI=1S/C21H24N2O7S2/c1-29-17-4-8-18(9-5-17)31(25,26)20-14-22(15-20)21(24)16-2-6-19(7-3-16)32(27,28)23-10-12-30-13-11-23/h2-9,20H,10-15H2,1H3. The van der Waals surface area contributed by atoms with Crippen LogP contribution in [0.1, 0.15) is 10.4 Å². The van der Waals surface area contributed by atoms with E-state index in [0.717, 1.165) is 0 Å². The fraction of sp³-hybridized carbons (Fsp3) is 0.381. The van der Waals surface area contributed by atoms with Gasteiger partial charge in [0.2, 0.25) is 10.0 Å². The minimum Gasteiger partial charge on any atom is -0.497 e. The highest BCUT2D eigenvalue weighted by Gasteiger charge is 2.40. The molecule has 2 aromatic rings. The highest BCUT2D eigenvalue weighted by atomic mass is 32.2. The zero-order valence-electron chi connectivity index (χ0n) is 17.5. The van der Waals surface area contributed by atoms with E-state index < -0.39 is 25.1 Å². The lowest BCUT2D eigenvalue weighted by atomic mass is 10.1. The summed E-state index contributed by atoms with van der Waals surface area (Å²) in [5.41, 5.74) is 0.311. The zero-order valence-corrected chi connectivity index (χ0v) is 19.1. The molecule has 0 saturated carbocycles. The van der Waals surface area contributed by atoms with Crippen LogP contribution in [0.4, 0.5) is 0 Å². The predicted octanol–water partition coefficient (Wildman–Crippen LogP) is 1.01. The number of amides is 1. The van der Waals surface area contributed by atoms with Gasteiger partial charge in [0.15, 0.2) is 9.84 Å². The number of sulfonamides is 1. The summed E-state index contributed by atoms with van der Waals surface area (Å²) >= 11 is 0. The molecule has 0 bridgehead atoms. The maximum atomic E-state index is 12.8. The zero-order chi connectivity index (χ0) is 22.9. The van der Waals surface area contributed by atoms with Crippen LogP contribution in [-0.4, -0.2) is 83.7 Å². The van der Waals surface area contributed by atoms with Gasteiger partial charge in [-0.1, -0.05) is 0 Å². The Hall–Kier alpha value is -2.47. The van der Waals surface area contributed by atoms with Gasteiger partial charge in [0.1, 0.15) is 11.0 Å². The lowest BCUT2D eigenvalue weighted by molar-refractivity contribution is 0.0658. The number of benzene rings is 2. The second-order valence-corrected chi connectivity index (χ2v) is 11.8. The minimum absolute atomic E-state index is 0.0843. The number of nitrogens with zero attached hydrogens (tertiary/aromatic N) is 2. The molecule has 2 aliphatic heterocycles. The molecule has 0 N–H and O–H groups in total. The van der Waals surface area contributed by atoms with Gasteiger partial charge in [-0.3, -0.25) is 4.79 Å². The van der Waals surface area contributed by atoms with Crippen molar-refractivity contribution >= 4 is 25.8 Å². The lowest BCUT2D eigenvalue weighted by Gasteiger charge is -2.38. The molecule has 0 unspecified atom stereocenters. The highest BCUT2D eigenvalue weighted by Crippen LogP contribution is 2.27. The van der Waals surface area contributed by atoms with E-state index in [2.05, 4.69) is 0 Å². The molecule has 0 aromatic heterocycles. The Kier molecular flexibility index (Phi) is 6.26. The lowest BCUT2D eigenvalue weighted by Crippen LogP contribution is -2.56. The van der Waals surface area contributed by atoms with E-state index in [9.17, 15) is 21.6 Å². The van der Waals surface area contributed by atoms with E-state index in [1.807, 2.05) is 0 Å². The Labute approximate surface area is 187 Å². The van der Waals surface area contributed by atoms with Crippen molar-refractivity contribution in [2.24, 2.45) is 0 Å². The van der Waals surface area contributed by atoms with Crippen LogP contribution >= 0.6 is 0 Å². The van der Waals surface area contributed by atoms with Crippen molar-refractivity contribution in [3.8, 4) is 5.75 Å². The summed E-state index contributed by atoms with van der Waals surface area (Å²) in [5.74, 6) is 0.231. The topological polar surface area (TPSA) is 110 Å². The third-order valence-corrected chi connectivity index (χ3v) is 9.69. The first-order valence-corrected chi connectivity index (χ1v) is 13.1. The quantitative estimate of drug-likeness (QED) is 0.607. The molecule has 2 fully saturated rings. The summed E-state index contributed by atoms with van der Waals surface area (Å²) in [4.78, 5) is 14.5. The fourth-order valence-corrected chi connectivity index (χ4v) is 6.71. The summed E-state index contributed by atoms with van der Waals surface area (Å²) < 4.78 is 62.5. The molecule has 0 aliphatic carbocycles. The molecule has 0 spiro atoms. The third-order valence-electron chi connectivity index (χ3n) is 5.67. The van der Waals surface area contributed by atoms with Gasteiger partial charge in [0.25, 0.3) is 5.91 Å². The second kappa shape index (κ2) is 8.81. The molecule has 2 saturated heterocycles. The van der Waals surface area contributed by atoms with Crippen LogP contribution in [0.15, 0.2) is 58.3 Å². The predicted molar refractivity (Wildman–Crippen MR) is 116 cm³/mol. The van der Waals surface area contributed by atoms with E-state index in [0.29, 0.717) is 37.6 Å². The third kappa shape index (κ3) is 4.25. The number of carbonyl (C=O) groups excluding carboxylic acids is 1. The van der Waals surface area contributed by atoms with Crippen molar-refractivity contribution in [2.75, 3.05) is 46.5 Å². The Balaban J connectivity index is 1.40. The van der Waals surface area contributed by atoms with Gasteiger partial charge in [-0.25, -0.2) is 16.8 Å². The molecule has 2 aliphatic rings. The van der Waals surface area contributed by atoms with Crippen LogP contribution in [0.3, 0.4) is 0 Å². The molecule has 0 atom stereocenters. The minimum atomic E-state index is -3.64. The van der Waals surface area contributed by atoms with Crippen LogP contribution in [0.25, 0.3) is 0 Å². The number of methoxy groups -OCH3 is 1. The molecular formula is C21H24N2O7S2. The molecule has 0 radical (unpaired) electrons. The molecule has 9 nitrogen and oxygen atoms in total. The van der Waals surface area contributed by atoms with E-state index in [1.54, 1.807) is 12.1 Å². The van der Waals surface area contributed by atoms with Crippen molar-refractivity contribution < 1.29 is 31.1 Å². The van der Waals surface area contributed by atoms with Crippen LogP contribution in [-0.2, 0) is 24.6 Å². The number of hydrogen-bond donors (Lipinski definition) is 0. The van der Waals surface area contributed by atoms with Gasteiger partial charge < -0.3 is 14.4 Å². The highest BCUT2D eigenvalue weighted by molar-refractivity contribution is 7.92. The monoisotopic (exact) mass is 480 g/mol. The van der Waals surface area contributed by atoms with E-state index in [4.69, 9.17) is 9.47 Å². The molecule has 2 heterocycles. The fourth-order valence-electron chi connectivity index (χ4n) is 3.65. The number of carbonyl (C=O) groups is 1. The first-order valence-electron chi connectivity index (χ1n) is 10.1. The maximum Gasteiger partial charge on any atom is 0.253 e. The van der Waals surface area contributed by atoms with Gasteiger partial charge in [-0.2, -0.15) is 4.31 Å². The Morgan fingerprint density at radius 2 is 1.47 bits per heavy atom. The van der Waals surface area contributed by atoms with Crippen LogP contribution < -0.4 is 4.74 Å². The Bertz CT molecular complexity index is 1180. The smallest absolute Gasteiger partial charge is 0.253 e. The molecule has 2 aromatic carbocycles. The average Bonchev–Trinajstić information content (AvgIpc) is 2.78. The maximum absolute atomic E-state index is 12.8. The summed E-state index contributed by atoms with van der Waals surface area (Å²) in [5, 5.41) is -0.680. The first-order chi connectivity index (χ1) is 15.2.